The summed E-state index contributed by atoms with van der Waals surface area (Å²) in [6.45, 7) is 8.95. The summed E-state index contributed by atoms with van der Waals surface area (Å²) in [5, 5.41) is 2.99. The Morgan fingerprint density at radius 1 is 1.59 bits per heavy atom. The molecule has 4 nitrogen and oxygen atoms in total. The Bertz CT molecular complexity index is 245. The Hall–Kier alpha value is -0.610. The van der Waals surface area contributed by atoms with Gasteiger partial charge in [0.15, 0.2) is 0 Å². The lowest BCUT2D eigenvalue weighted by atomic mass is 9.94. The standard InChI is InChI=1S/C13H27N3O/c1-4-5-7-15-13(17)11(3)16-8-6-12(14)10(2)9-16/h10-12H,4-9,14H2,1-3H3,(H,15,17). The van der Waals surface area contributed by atoms with E-state index < -0.39 is 0 Å². The monoisotopic (exact) mass is 241 g/mol. The minimum Gasteiger partial charge on any atom is -0.355 e. The van der Waals surface area contributed by atoms with Gasteiger partial charge in [-0.1, -0.05) is 20.3 Å². The summed E-state index contributed by atoms with van der Waals surface area (Å²) >= 11 is 0. The van der Waals surface area contributed by atoms with Crippen molar-refractivity contribution in [2.24, 2.45) is 11.7 Å². The highest BCUT2D eigenvalue weighted by Crippen LogP contribution is 2.17. The van der Waals surface area contributed by atoms with Crippen molar-refractivity contribution in [1.82, 2.24) is 10.2 Å². The first-order valence-corrected chi connectivity index (χ1v) is 6.83. The van der Waals surface area contributed by atoms with Crippen LogP contribution in [0.1, 0.15) is 40.0 Å². The Labute approximate surface area is 105 Å². The molecule has 3 N–H and O–H groups in total. The third-order valence-electron chi connectivity index (χ3n) is 3.76. The average Bonchev–Trinajstić information content (AvgIpc) is 2.32. The van der Waals surface area contributed by atoms with Gasteiger partial charge in [-0.3, -0.25) is 9.69 Å². The molecule has 3 unspecified atom stereocenters. The lowest BCUT2D eigenvalue weighted by Gasteiger charge is -2.38. The number of hydrogen-bond acceptors (Lipinski definition) is 3. The molecule has 0 radical (unpaired) electrons. The second-order valence-electron chi connectivity index (χ2n) is 5.25. The smallest absolute Gasteiger partial charge is 0.237 e. The van der Waals surface area contributed by atoms with Crippen molar-refractivity contribution in [3.8, 4) is 0 Å². The number of rotatable bonds is 5. The average molecular weight is 241 g/mol. The van der Waals surface area contributed by atoms with Gasteiger partial charge in [0.2, 0.25) is 5.91 Å². The highest BCUT2D eigenvalue weighted by molar-refractivity contribution is 5.81. The predicted octanol–water partition coefficient (Wildman–Crippen LogP) is 0.960. The number of piperidine rings is 1. The fraction of sp³-hybridized carbons (Fsp3) is 0.923. The maximum absolute atomic E-state index is 11.9. The van der Waals surface area contributed by atoms with Crippen molar-refractivity contribution in [3.63, 3.8) is 0 Å². The summed E-state index contributed by atoms with van der Waals surface area (Å²) in [6.07, 6.45) is 3.16. The summed E-state index contributed by atoms with van der Waals surface area (Å²) in [4.78, 5) is 14.2. The normalized spacial score (nSPS) is 27.8. The Balaban J connectivity index is 2.36. The molecule has 1 saturated heterocycles. The number of carbonyl (C=O) groups is 1. The molecular weight excluding hydrogens is 214 g/mol. The molecule has 1 aliphatic heterocycles. The van der Waals surface area contributed by atoms with Gasteiger partial charge in [0.25, 0.3) is 0 Å². The second-order valence-corrected chi connectivity index (χ2v) is 5.25. The van der Waals surface area contributed by atoms with Crippen molar-refractivity contribution in [1.29, 1.82) is 0 Å². The van der Waals surface area contributed by atoms with Crippen LogP contribution in [0.5, 0.6) is 0 Å². The SMILES string of the molecule is CCCCNC(=O)C(C)N1CCC(N)C(C)C1. The van der Waals surface area contributed by atoms with E-state index in [-0.39, 0.29) is 11.9 Å². The van der Waals surface area contributed by atoms with E-state index in [0.29, 0.717) is 12.0 Å². The number of nitrogens with two attached hydrogens (primary N) is 1. The minimum absolute atomic E-state index is 0.0261. The van der Waals surface area contributed by atoms with Gasteiger partial charge in [0.1, 0.15) is 0 Å². The molecule has 1 aliphatic rings. The number of amides is 1. The molecule has 0 bridgehead atoms. The number of unbranched alkanes of at least 4 members (excludes halogenated alkanes) is 1. The Kier molecular flexibility index (Phi) is 5.92. The van der Waals surface area contributed by atoms with Crippen molar-refractivity contribution in [2.45, 2.75) is 52.1 Å². The summed E-state index contributed by atoms with van der Waals surface area (Å²) in [5.74, 6) is 0.635. The number of hydrogen-bond donors (Lipinski definition) is 2. The Morgan fingerprint density at radius 3 is 2.88 bits per heavy atom. The van der Waals surface area contributed by atoms with Gasteiger partial charge in [0.05, 0.1) is 6.04 Å². The first-order chi connectivity index (χ1) is 8.06. The van der Waals surface area contributed by atoms with E-state index in [4.69, 9.17) is 5.73 Å². The molecule has 0 aromatic carbocycles. The van der Waals surface area contributed by atoms with Gasteiger partial charge in [-0.15, -0.1) is 0 Å². The topological polar surface area (TPSA) is 58.4 Å². The van der Waals surface area contributed by atoms with Crippen LogP contribution in [0.3, 0.4) is 0 Å². The van der Waals surface area contributed by atoms with Crippen molar-refractivity contribution in [2.75, 3.05) is 19.6 Å². The third-order valence-corrected chi connectivity index (χ3v) is 3.76. The van der Waals surface area contributed by atoms with Crippen LogP contribution >= 0.6 is 0 Å². The maximum Gasteiger partial charge on any atom is 0.237 e. The molecular formula is C13H27N3O. The van der Waals surface area contributed by atoms with Crippen molar-refractivity contribution in [3.05, 3.63) is 0 Å². The lowest BCUT2D eigenvalue weighted by molar-refractivity contribution is -0.126. The molecule has 4 heteroatoms. The molecule has 17 heavy (non-hydrogen) atoms. The van der Waals surface area contributed by atoms with Crippen molar-refractivity contribution < 1.29 is 4.79 Å². The molecule has 0 aromatic heterocycles. The number of nitrogens with zero attached hydrogens (tertiary/aromatic N) is 1. The molecule has 100 valence electrons. The van der Waals surface area contributed by atoms with E-state index in [1.165, 1.54) is 0 Å². The fourth-order valence-electron chi connectivity index (χ4n) is 2.25. The molecule has 0 saturated carbocycles. The van der Waals surface area contributed by atoms with E-state index in [2.05, 4.69) is 24.1 Å². The van der Waals surface area contributed by atoms with Gasteiger partial charge in [-0.05, 0) is 25.7 Å². The lowest BCUT2D eigenvalue weighted by Crippen LogP contribution is -2.53. The van der Waals surface area contributed by atoms with Gasteiger partial charge in [-0.25, -0.2) is 0 Å². The predicted molar refractivity (Wildman–Crippen MR) is 70.7 cm³/mol. The van der Waals surface area contributed by atoms with E-state index in [1.54, 1.807) is 0 Å². The maximum atomic E-state index is 11.9. The van der Waals surface area contributed by atoms with Crippen LogP contribution in [0.2, 0.25) is 0 Å². The fourth-order valence-corrected chi connectivity index (χ4v) is 2.25. The van der Waals surface area contributed by atoms with Gasteiger partial charge in [-0.2, -0.15) is 0 Å². The first-order valence-electron chi connectivity index (χ1n) is 6.83. The van der Waals surface area contributed by atoms with Crippen molar-refractivity contribution >= 4 is 5.91 Å². The van der Waals surface area contributed by atoms with E-state index >= 15 is 0 Å². The molecule has 1 heterocycles. The zero-order chi connectivity index (χ0) is 12.8. The third kappa shape index (κ3) is 4.28. The van der Waals surface area contributed by atoms with Crippen LogP contribution in [-0.2, 0) is 4.79 Å². The highest BCUT2D eigenvalue weighted by Gasteiger charge is 2.28. The van der Waals surface area contributed by atoms with E-state index in [1.807, 2.05) is 6.92 Å². The zero-order valence-electron chi connectivity index (χ0n) is 11.4. The zero-order valence-corrected chi connectivity index (χ0v) is 11.4. The number of likely N-dealkylation sites (tertiary alicyclic amines) is 1. The summed E-state index contributed by atoms with van der Waals surface area (Å²) in [5.41, 5.74) is 5.99. The van der Waals surface area contributed by atoms with Crippen LogP contribution in [0.4, 0.5) is 0 Å². The highest BCUT2D eigenvalue weighted by atomic mass is 16.2. The largest absolute Gasteiger partial charge is 0.355 e. The van der Waals surface area contributed by atoms with E-state index in [9.17, 15) is 4.79 Å². The van der Waals surface area contributed by atoms with Gasteiger partial charge in [0, 0.05) is 25.7 Å². The number of nitrogens with one attached hydrogen (secondary N) is 1. The van der Waals surface area contributed by atoms with Crippen LogP contribution < -0.4 is 11.1 Å². The summed E-state index contributed by atoms with van der Waals surface area (Å²) < 4.78 is 0. The molecule has 0 aliphatic carbocycles. The van der Waals surface area contributed by atoms with Crippen LogP contribution in [0.25, 0.3) is 0 Å². The van der Waals surface area contributed by atoms with Crippen LogP contribution in [0.15, 0.2) is 0 Å². The first kappa shape index (κ1) is 14.5. The second kappa shape index (κ2) is 6.97. The molecule has 1 fully saturated rings. The number of carbonyl (C=O) groups excluding carboxylic acids is 1. The molecule has 1 amide bonds. The van der Waals surface area contributed by atoms with Gasteiger partial charge >= 0.3 is 0 Å². The van der Waals surface area contributed by atoms with Crippen LogP contribution in [-0.4, -0.2) is 42.5 Å². The molecule has 1 rings (SSSR count). The molecule has 3 atom stereocenters. The van der Waals surface area contributed by atoms with Gasteiger partial charge < -0.3 is 11.1 Å². The minimum atomic E-state index is -0.0261. The van der Waals surface area contributed by atoms with E-state index in [0.717, 1.165) is 38.9 Å². The van der Waals surface area contributed by atoms with Crippen LogP contribution in [0, 0.1) is 5.92 Å². The summed E-state index contributed by atoms with van der Waals surface area (Å²) in [7, 11) is 0. The Morgan fingerprint density at radius 2 is 2.29 bits per heavy atom. The molecule has 0 aromatic rings. The quantitative estimate of drug-likeness (QED) is 0.705. The summed E-state index contributed by atoms with van der Waals surface area (Å²) in [6, 6.07) is 0.267. The molecule has 0 spiro atoms.